The number of halogens is 2. The molecule has 0 bridgehead atoms. The highest BCUT2D eigenvalue weighted by Crippen LogP contribution is 2.27. The van der Waals surface area contributed by atoms with Crippen LogP contribution in [0.4, 0.5) is 0 Å². The van der Waals surface area contributed by atoms with Gasteiger partial charge in [-0.25, -0.2) is 0 Å². The van der Waals surface area contributed by atoms with Crippen molar-refractivity contribution in [1.29, 1.82) is 0 Å². The van der Waals surface area contributed by atoms with Crippen molar-refractivity contribution >= 4 is 23.2 Å². The van der Waals surface area contributed by atoms with Crippen LogP contribution in [0.5, 0.6) is 0 Å². The maximum Gasteiger partial charge on any atom is 0.0595 e. The van der Waals surface area contributed by atoms with Crippen LogP contribution in [-0.4, -0.2) is 6.04 Å². The van der Waals surface area contributed by atoms with E-state index in [1.54, 1.807) is 0 Å². The van der Waals surface area contributed by atoms with Gasteiger partial charge >= 0.3 is 0 Å². The zero-order valence-corrected chi connectivity index (χ0v) is 12.4. The summed E-state index contributed by atoms with van der Waals surface area (Å²) in [5.74, 6) is 0.952. The molecule has 0 amide bonds. The molecule has 1 aliphatic rings. The van der Waals surface area contributed by atoms with Gasteiger partial charge in [0.05, 0.1) is 10.0 Å². The number of hydrogen-bond acceptors (Lipinski definition) is 1. The molecule has 1 nitrogen and oxygen atoms in total. The van der Waals surface area contributed by atoms with E-state index in [4.69, 9.17) is 23.2 Å². The zero-order valence-electron chi connectivity index (χ0n) is 10.9. The molecule has 0 radical (unpaired) electrons. The van der Waals surface area contributed by atoms with E-state index in [1.165, 1.54) is 37.7 Å². The predicted octanol–water partition coefficient (Wildman–Crippen LogP) is 5.05. The zero-order chi connectivity index (χ0) is 13.0. The van der Waals surface area contributed by atoms with Crippen molar-refractivity contribution in [2.45, 2.75) is 51.6 Å². The monoisotopic (exact) mass is 285 g/mol. The summed E-state index contributed by atoms with van der Waals surface area (Å²) in [5, 5.41) is 4.90. The second-order valence-electron chi connectivity index (χ2n) is 5.26. The molecule has 1 N–H and O–H groups in total. The summed E-state index contributed by atoms with van der Waals surface area (Å²) in [5.41, 5.74) is 1.21. The summed E-state index contributed by atoms with van der Waals surface area (Å²) < 4.78 is 0. The molecule has 0 aromatic heterocycles. The third-order valence-electron chi connectivity index (χ3n) is 4.00. The first kappa shape index (κ1) is 14.2. The van der Waals surface area contributed by atoms with Crippen LogP contribution in [0.2, 0.25) is 10.0 Å². The molecule has 1 fully saturated rings. The topological polar surface area (TPSA) is 12.0 Å². The first-order chi connectivity index (χ1) is 8.69. The van der Waals surface area contributed by atoms with E-state index in [0.29, 0.717) is 16.1 Å². The fourth-order valence-corrected chi connectivity index (χ4v) is 3.01. The Morgan fingerprint density at radius 3 is 2.44 bits per heavy atom. The number of hydrogen-bond donors (Lipinski definition) is 1. The van der Waals surface area contributed by atoms with Crippen molar-refractivity contribution in [2.24, 2.45) is 5.92 Å². The lowest BCUT2D eigenvalue weighted by Gasteiger charge is -2.28. The SMILES string of the molecule is CCC1CCC(NCc2ccc(Cl)c(Cl)c2)CC1. The molecule has 0 heterocycles. The van der Waals surface area contributed by atoms with E-state index in [9.17, 15) is 0 Å². The van der Waals surface area contributed by atoms with Crippen LogP contribution in [0.3, 0.4) is 0 Å². The number of nitrogens with one attached hydrogen (secondary N) is 1. The summed E-state index contributed by atoms with van der Waals surface area (Å²) in [6, 6.07) is 6.53. The lowest BCUT2D eigenvalue weighted by molar-refractivity contribution is 0.285. The second-order valence-corrected chi connectivity index (χ2v) is 6.07. The van der Waals surface area contributed by atoms with E-state index >= 15 is 0 Å². The highest BCUT2D eigenvalue weighted by molar-refractivity contribution is 6.42. The van der Waals surface area contributed by atoms with Gasteiger partial charge in [-0.1, -0.05) is 42.6 Å². The van der Waals surface area contributed by atoms with Crippen LogP contribution in [-0.2, 0) is 6.54 Å². The lowest BCUT2D eigenvalue weighted by Crippen LogP contribution is -2.32. The van der Waals surface area contributed by atoms with E-state index < -0.39 is 0 Å². The Labute approximate surface area is 120 Å². The molecule has 0 saturated heterocycles. The minimum atomic E-state index is 0.629. The first-order valence-electron chi connectivity index (χ1n) is 6.86. The molecule has 0 atom stereocenters. The summed E-state index contributed by atoms with van der Waals surface area (Å²) >= 11 is 11.9. The first-order valence-corrected chi connectivity index (χ1v) is 7.62. The van der Waals surface area contributed by atoms with Crippen LogP contribution < -0.4 is 5.32 Å². The van der Waals surface area contributed by atoms with Crippen LogP contribution in [0.25, 0.3) is 0 Å². The lowest BCUT2D eigenvalue weighted by atomic mass is 9.84. The second kappa shape index (κ2) is 6.79. The van der Waals surface area contributed by atoms with Gasteiger partial charge in [-0.05, 0) is 49.3 Å². The molecular weight excluding hydrogens is 265 g/mol. The van der Waals surface area contributed by atoms with E-state index in [-0.39, 0.29) is 0 Å². The van der Waals surface area contributed by atoms with Crippen molar-refractivity contribution in [3.8, 4) is 0 Å². The molecule has 1 aromatic carbocycles. The van der Waals surface area contributed by atoms with Gasteiger partial charge in [0.2, 0.25) is 0 Å². The van der Waals surface area contributed by atoms with E-state index in [2.05, 4.69) is 12.2 Å². The number of rotatable bonds is 4. The summed E-state index contributed by atoms with van der Waals surface area (Å²) in [7, 11) is 0. The molecule has 0 spiro atoms. The molecule has 1 aromatic rings. The summed E-state index contributed by atoms with van der Waals surface area (Å²) in [6.07, 6.45) is 6.68. The highest BCUT2D eigenvalue weighted by Gasteiger charge is 2.19. The Morgan fingerprint density at radius 2 is 1.83 bits per heavy atom. The Hall–Kier alpha value is -0.240. The molecule has 2 rings (SSSR count). The third-order valence-corrected chi connectivity index (χ3v) is 4.74. The molecule has 0 aliphatic heterocycles. The largest absolute Gasteiger partial charge is 0.310 e. The van der Waals surface area contributed by atoms with Crippen molar-refractivity contribution in [3.05, 3.63) is 33.8 Å². The third kappa shape index (κ3) is 3.88. The standard InChI is InChI=1S/C15H21Cl2N/c1-2-11-3-6-13(7-4-11)18-10-12-5-8-14(16)15(17)9-12/h5,8-9,11,13,18H,2-4,6-7,10H2,1H3. The van der Waals surface area contributed by atoms with Gasteiger partial charge in [0.1, 0.15) is 0 Å². The number of benzene rings is 1. The van der Waals surface area contributed by atoms with Gasteiger partial charge in [0.15, 0.2) is 0 Å². The summed E-state index contributed by atoms with van der Waals surface area (Å²) in [4.78, 5) is 0. The van der Waals surface area contributed by atoms with E-state index in [1.807, 2.05) is 18.2 Å². The molecule has 100 valence electrons. The van der Waals surface area contributed by atoms with Gasteiger partial charge in [-0.3, -0.25) is 0 Å². The van der Waals surface area contributed by atoms with Crippen LogP contribution in [0.15, 0.2) is 18.2 Å². The highest BCUT2D eigenvalue weighted by atomic mass is 35.5. The van der Waals surface area contributed by atoms with Crippen molar-refractivity contribution in [2.75, 3.05) is 0 Å². The van der Waals surface area contributed by atoms with Crippen molar-refractivity contribution in [1.82, 2.24) is 5.32 Å². The Balaban J connectivity index is 1.79. The average Bonchev–Trinajstić information content (AvgIpc) is 2.41. The maximum atomic E-state index is 6.01. The molecular formula is C15H21Cl2N. The van der Waals surface area contributed by atoms with Crippen molar-refractivity contribution in [3.63, 3.8) is 0 Å². The van der Waals surface area contributed by atoms with Crippen molar-refractivity contribution < 1.29 is 0 Å². The Bertz CT molecular complexity index is 384. The van der Waals surface area contributed by atoms with Gasteiger partial charge in [-0.2, -0.15) is 0 Å². The van der Waals surface area contributed by atoms with Gasteiger partial charge in [-0.15, -0.1) is 0 Å². The average molecular weight is 286 g/mol. The van der Waals surface area contributed by atoms with Crippen LogP contribution in [0.1, 0.15) is 44.6 Å². The normalized spacial score (nSPS) is 24.2. The van der Waals surface area contributed by atoms with Crippen LogP contribution >= 0.6 is 23.2 Å². The van der Waals surface area contributed by atoms with Gasteiger partial charge in [0, 0.05) is 12.6 Å². The van der Waals surface area contributed by atoms with Gasteiger partial charge < -0.3 is 5.32 Å². The van der Waals surface area contributed by atoms with E-state index in [0.717, 1.165) is 12.5 Å². The fraction of sp³-hybridized carbons (Fsp3) is 0.600. The molecule has 0 unspecified atom stereocenters. The predicted molar refractivity (Wildman–Crippen MR) is 79.3 cm³/mol. The minimum Gasteiger partial charge on any atom is -0.310 e. The molecule has 1 aliphatic carbocycles. The Morgan fingerprint density at radius 1 is 1.11 bits per heavy atom. The molecule has 1 saturated carbocycles. The molecule has 3 heteroatoms. The quantitative estimate of drug-likeness (QED) is 0.816. The minimum absolute atomic E-state index is 0.629. The van der Waals surface area contributed by atoms with Gasteiger partial charge in [0.25, 0.3) is 0 Å². The Kier molecular flexibility index (Phi) is 5.35. The fourth-order valence-electron chi connectivity index (χ4n) is 2.69. The van der Waals surface area contributed by atoms with Crippen LogP contribution in [0, 0.1) is 5.92 Å². The molecule has 18 heavy (non-hydrogen) atoms. The smallest absolute Gasteiger partial charge is 0.0595 e. The summed E-state index contributed by atoms with van der Waals surface area (Å²) in [6.45, 7) is 3.19. The maximum absolute atomic E-state index is 6.01.